The van der Waals surface area contributed by atoms with Crippen LogP contribution in [0, 0.1) is 10.1 Å². The minimum Gasteiger partial charge on any atom is -0.421 e. The van der Waals surface area contributed by atoms with E-state index >= 15 is 0 Å². The van der Waals surface area contributed by atoms with Gasteiger partial charge in [0.1, 0.15) is 4.99 Å². The van der Waals surface area contributed by atoms with Crippen molar-refractivity contribution < 1.29 is 14.5 Å². The Kier molecular flexibility index (Phi) is 6.79. The molecule has 1 heterocycles. The highest BCUT2D eigenvalue weighted by Gasteiger charge is 2.20. The number of ether oxygens (including phenoxy) is 1. The summed E-state index contributed by atoms with van der Waals surface area (Å²) in [5.74, 6) is -0.391. The van der Waals surface area contributed by atoms with Crippen molar-refractivity contribution in [3.05, 3.63) is 66.6 Å². The van der Waals surface area contributed by atoms with E-state index in [4.69, 9.17) is 17.0 Å². The minimum atomic E-state index is -0.684. The molecule has 9 heteroatoms. The molecule has 0 spiro atoms. The average Bonchev–Trinajstić information content (AvgIpc) is 2.70. The van der Waals surface area contributed by atoms with Gasteiger partial charge in [-0.25, -0.2) is 4.79 Å². The van der Waals surface area contributed by atoms with Crippen LogP contribution >= 0.6 is 44.1 Å². The van der Waals surface area contributed by atoms with Crippen molar-refractivity contribution in [3.63, 3.8) is 0 Å². The van der Waals surface area contributed by atoms with Crippen LogP contribution in [-0.2, 0) is 0 Å². The standard InChI is InChI=1S/C19H16Br2N2O4S/c20-15-10-13(18(28)22-7-2-1-3-8-22)11-16(21)17(15)27-19(24)12-5-4-6-14(9-12)23(25)26/h4-6,9-11H,1-3,7-8H2. The van der Waals surface area contributed by atoms with Gasteiger partial charge in [0.15, 0.2) is 5.75 Å². The zero-order chi connectivity index (χ0) is 20.3. The predicted molar refractivity (Wildman–Crippen MR) is 117 cm³/mol. The summed E-state index contributed by atoms with van der Waals surface area (Å²) in [4.78, 5) is 25.7. The summed E-state index contributed by atoms with van der Waals surface area (Å²) in [5.41, 5.74) is 0.779. The Balaban J connectivity index is 1.81. The number of nitro benzene ring substituents is 1. The molecule has 2 aromatic carbocycles. The van der Waals surface area contributed by atoms with Gasteiger partial charge < -0.3 is 9.64 Å². The number of thiocarbonyl (C=S) groups is 1. The van der Waals surface area contributed by atoms with E-state index in [-0.39, 0.29) is 11.3 Å². The van der Waals surface area contributed by atoms with E-state index in [0.717, 1.165) is 36.5 Å². The van der Waals surface area contributed by atoms with Crippen molar-refractivity contribution in [1.29, 1.82) is 0 Å². The Labute approximate surface area is 184 Å². The molecule has 2 aromatic rings. The first-order valence-corrected chi connectivity index (χ1v) is 10.6. The van der Waals surface area contributed by atoms with E-state index in [2.05, 4.69) is 36.8 Å². The molecule has 0 N–H and O–H groups in total. The van der Waals surface area contributed by atoms with Crippen molar-refractivity contribution >= 4 is 60.7 Å². The Morgan fingerprint density at radius 3 is 2.32 bits per heavy atom. The van der Waals surface area contributed by atoms with E-state index < -0.39 is 10.9 Å². The molecule has 0 unspecified atom stereocenters. The Morgan fingerprint density at radius 2 is 1.71 bits per heavy atom. The number of hydrogen-bond acceptors (Lipinski definition) is 5. The van der Waals surface area contributed by atoms with Crippen molar-refractivity contribution in [3.8, 4) is 5.75 Å². The first-order valence-electron chi connectivity index (χ1n) is 8.62. The summed E-state index contributed by atoms with van der Waals surface area (Å²) in [7, 11) is 0. The van der Waals surface area contributed by atoms with Gasteiger partial charge in [-0.05, 0) is 69.3 Å². The maximum absolute atomic E-state index is 12.4. The highest BCUT2D eigenvalue weighted by molar-refractivity contribution is 9.11. The van der Waals surface area contributed by atoms with Gasteiger partial charge in [0, 0.05) is 30.8 Å². The molecule has 0 amide bonds. The predicted octanol–water partition coefficient (Wildman–Crippen LogP) is 5.50. The summed E-state index contributed by atoms with van der Waals surface area (Å²) in [5, 5.41) is 10.9. The molecule has 3 rings (SSSR count). The van der Waals surface area contributed by atoms with Gasteiger partial charge in [-0.1, -0.05) is 18.3 Å². The number of likely N-dealkylation sites (tertiary alicyclic amines) is 1. The van der Waals surface area contributed by atoms with Crippen molar-refractivity contribution in [2.45, 2.75) is 19.3 Å². The van der Waals surface area contributed by atoms with Crippen molar-refractivity contribution in [1.82, 2.24) is 4.90 Å². The second-order valence-electron chi connectivity index (χ2n) is 6.32. The third kappa shape index (κ3) is 4.76. The van der Waals surface area contributed by atoms with Crippen molar-refractivity contribution in [2.24, 2.45) is 0 Å². The van der Waals surface area contributed by atoms with Crippen LogP contribution in [0.15, 0.2) is 45.3 Å². The maximum Gasteiger partial charge on any atom is 0.343 e. The van der Waals surface area contributed by atoms with Gasteiger partial charge in [-0.15, -0.1) is 0 Å². The molecular formula is C19H16Br2N2O4S. The number of benzene rings is 2. The molecular weight excluding hydrogens is 512 g/mol. The topological polar surface area (TPSA) is 72.7 Å². The second kappa shape index (κ2) is 9.11. The number of nitrogens with zero attached hydrogens (tertiary/aromatic N) is 2. The second-order valence-corrected chi connectivity index (χ2v) is 8.41. The van der Waals surface area contributed by atoms with Crippen LogP contribution in [0.1, 0.15) is 35.2 Å². The van der Waals surface area contributed by atoms with Crippen LogP contribution in [0.25, 0.3) is 0 Å². The first kappa shape index (κ1) is 20.9. The van der Waals surface area contributed by atoms with Crippen LogP contribution in [0.3, 0.4) is 0 Å². The molecule has 28 heavy (non-hydrogen) atoms. The van der Waals surface area contributed by atoms with E-state index in [1.165, 1.54) is 30.7 Å². The lowest BCUT2D eigenvalue weighted by atomic mass is 10.1. The van der Waals surface area contributed by atoms with Crippen LogP contribution in [-0.4, -0.2) is 33.9 Å². The van der Waals surface area contributed by atoms with E-state index in [0.29, 0.717) is 14.7 Å². The molecule has 1 fully saturated rings. The molecule has 0 aromatic heterocycles. The van der Waals surface area contributed by atoms with Crippen molar-refractivity contribution in [2.75, 3.05) is 13.1 Å². The average molecular weight is 528 g/mol. The smallest absolute Gasteiger partial charge is 0.343 e. The lowest BCUT2D eigenvalue weighted by Gasteiger charge is -2.29. The van der Waals surface area contributed by atoms with Gasteiger partial charge >= 0.3 is 5.97 Å². The fourth-order valence-electron chi connectivity index (χ4n) is 2.96. The number of rotatable bonds is 4. The van der Waals surface area contributed by atoms with E-state index in [1.54, 1.807) is 0 Å². The monoisotopic (exact) mass is 526 g/mol. The van der Waals surface area contributed by atoms with E-state index in [1.807, 2.05) is 12.1 Å². The molecule has 0 bridgehead atoms. The Bertz CT molecular complexity index is 922. The molecule has 1 aliphatic rings. The summed E-state index contributed by atoms with van der Waals surface area (Å²) < 4.78 is 6.59. The maximum atomic E-state index is 12.4. The highest BCUT2D eigenvalue weighted by atomic mass is 79.9. The SMILES string of the molecule is O=C(Oc1c(Br)cc(C(=S)N2CCCCC2)cc1Br)c1cccc([N+](=O)[O-])c1. The van der Waals surface area contributed by atoms with Crippen LogP contribution in [0.4, 0.5) is 5.69 Å². The zero-order valence-corrected chi connectivity index (χ0v) is 18.7. The summed E-state index contributed by atoms with van der Waals surface area (Å²) in [6.45, 7) is 1.88. The van der Waals surface area contributed by atoms with E-state index in [9.17, 15) is 14.9 Å². The number of carbonyl (C=O) groups excluding carboxylic acids is 1. The van der Waals surface area contributed by atoms with Crippen LogP contribution in [0.5, 0.6) is 5.75 Å². The number of nitro groups is 1. The largest absolute Gasteiger partial charge is 0.421 e. The quantitative estimate of drug-likeness (QED) is 0.172. The van der Waals surface area contributed by atoms with Gasteiger partial charge in [-0.2, -0.15) is 0 Å². The third-order valence-electron chi connectivity index (χ3n) is 4.38. The fraction of sp³-hybridized carbons (Fsp3) is 0.263. The number of esters is 1. The van der Waals surface area contributed by atoms with Gasteiger partial charge in [0.25, 0.3) is 5.69 Å². The first-order chi connectivity index (χ1) is 13.4. The van der Waals surface area contributed by atoms with Crippen LogP contribution < -0.4 is 4.74 Å². The number of piperidine rings is 1. The zero-order valence-electron chi connectivity index (χ0n) is 14.7. The number of halogens is 2. The van der Waals surface area contributed by atoms with Gasteiger partial charge in [0.2, 0.25) is 0 Å². The molecule has 0 atom stereocenters. The molecule has 0 aliphatic carbocycles. The number of non-ortho nitro benzene ring substituents is 1. The molecule has 1 aliphatic heterocycles. The summed E-state index contributed by atoms with van der Waals surface area (Å²) in [6.07, 6.45) is 3.47. The lowest BCUT2D eigenvalue weighted by molar-refractivity contribution is -0.384. The molecule has 1 saturated heterocycles. The summed E-state index contributed by atoms with van der Waals surface area (Å²) in [6, 6.07) is 9.05. The number of carbonyl (C=O) groups is 1. The lowest BCUT2D eigenvalue weighted by Crippen LogP contribution is -2.34. The molecule has 0 radical (unpaired) electrons. The summed E-state index contributed by atoms with van der Waals surface area (Å²) >= 11 is 12.5. The minimum absolute atomic E-state index is 0.0981. The molecule has 0 saturated carbocycles. The Morgan fingerprint density at radius 1 is 1.07 bits per heavy atom. The number of hydrogen-bond donors (Lipinski definition) is 0. The normalized spacial score (nSPS) is 13.9. The molecule has 146 valence electrons. The fourth-order valence-corrected chi connectivity index (χ4v) is 4.61. The third-order valence-corrected chi connectivity index (χ3v) is 6.05. The van der Waals surface area contributed by atoms with Gasteiger partial charge in [-0.3, -0.25) is 10.1 Å². The Hall–Kier alpha value is -1.84. The molecule has 6 nitrogen and oxygen atoms in total. The highest BCUT2D eigenvalue weighted by Crippen LogP contribution is 2.36. The van der Waals surface area contributed by atoms with Crippen LogP contribution in [0.2, 0.25) is 0 Å². The van der Waals surface area contributed by atoms with Gasteiger partial charge in [0.05, 0.1) is 19.4 Å².